The van der Waals surface area contributed by atoms with Crippen LogP contribution in [0.4, 0.5) is 0 Å². The molecule has 0 saturated heterocycles. The molecule has 1 heterocycles. The Bertz CT molecular complexity index is 326. The van der Waals surface area contributed by atoms with Gasteiger partial charge in [0.1, 0.15) is 0 Å². The first-order valence-electron chi connectivity index (χ1n) is 9.53. The van der Waals surface area contributed by atoms with Gasteiger partial charge in [0.15, 0.2) is 0 Å². The number of aromatic amines is 1. The van der Waals surface area contributed by atoms with Crippen LogP contribution < -0.4 is 0 Å². The number of nitrogens with one attached hydrogen (secondary N) is 1. The Labute approximate surface area is 132 Å². The van der Waals surface area contributed by atoms with E-state index in [2.05, 4.69) is 31.0 Å². The molecular weight excluding hydrogens is 254 g/mol. The highest BCUT2D eigenvalue weighted by Gasteiger charge is 1.97. The van der Waals surface area contributed by atoms with Crippen LogP contribution in [0.3, 0.4) is 0 Å². The van der Waals surface area contributed by atoms with Gasteiger partial charge < -0.3 is 4.98 Å². The zero-order valence-electron chi connectivity index (χ0n) is 14.6. The average Bonchev–Trinajstić information content (AvgIpc) is 2.96. The number of aromatic nitrogens is 1. The van der Waals surface area contributed by atoms with Crippen LogP contribution in [0.15, 0.2) is 12.1 Å². The summed E-state index contributed by atoms with van der Waals surface area (Å²) in [4.78, 5) is 3.50. The maximum atomic E-state index is 3.50. The molecule has 0 radical (unpaired) electrons. The van der Waals surface area contributed by atoms with E-state index < -0.39 is 0 Å². The Morgan fingerprint density at radius 3 is 1.57 bits per heavy atom. The summed E-state index contributed by atoms with van der Waals surface area (Å²) in [5.41, 5.74) is 2.81. The topological polar surface area (TPSA) is 15.8 Å². The third-order valence-corrected chi connectivity index (χ3v) is 4.49. The average molecular weight is 292 g/mol. The Kier molecular flexibility index (Phi) is 11.3. The minimum atomic E-state index is 1.12. The van der Waals surface area contributed by atoms with Crippen LogP contribution in [0.5, 0.6) is 0 Å². The van der Waals surface area contributed by atoms with Crippen molar-refractivity contribution >= 4 is 0 Å². The monoisotopic (exact) mass is 291 g/mol. The zero-order valence-corrected chi connectivity index (χ0v) is 14.6. The van der Waals surface area contributed by atoms with E-state index in [1.54, 1.807) is 0 Å². The quantitative estimate of drug-likeness (QED) is 0.362. The van der Waals surface area contributed by atoms with Crippen molar-refractivity contribution in [3.63, 3.8) is 0 Å². The lowest BCUT2D eigenvalue weighted by atomic mass is 10.0. The lowest BCUT2D eigenvalue weighted by Crippen LogP contribution is -1.88. The molecule has 1 aromatic rings. The van der Waals surface area contributed by atoms with Crippen LogP contribution in [0, 0.1) is 0 Å². The van der Waals surface area contributed by atoms with Gasteiger partial charge in [0.25, 0.3) is 0 Å². The predicted molar refractivity (Wildman–Crippen MR) is 95.0 cm³/mol. The number of unbranched alkanes of at least 4 members (excludes halogenated alkanes) is 11. The minimum absolute atomic E-state index is 1.12. The van der Waals surface area contributed by atoms with Crippen LogP contribution in [-0.4, -0.2) is 4.98 Å². The Hall–Kier alpha value is -0.720. The van der Waals surface area contributed by atoms with E-state index in [4.69, 9.17) is 0 Å². The summed E-state index contributed by atoms with van der Waals surface area (Å²) in [6.45, 7) is 4.50. The van der Waals surface area contributed by atoms with E-state index in [1.165, 1.54) is 94.9 Å². The van der Waals surface area contributed by atoms with Gasteiger partial charge in [0.2, 0.25) is 0 Å². The second-order valence-electron chi connectivity index (χ2n) is 6.50. The first kappa shape index (κ1) is 18.3. The van der Waals surface area contributed by atoms with Crippen molar-refractivity contribution in [1.29, 1.82) is 0 Å². The first-order chi connectivity index (χ1) is 10.4. The molecule has 0 atom stereocenters. The van der Waals surface area contributed by atoms with Gasteiger partial charge in [-0.25, -0.2) is 0 Å². The lowest BCUT2D eigenvalue weighted by Gasteiger charge is -2.02. The summed E-state index contributed by atoms with van der Waals surface area (Å²) in [6, 6.07) is 4.49. The van der Waals surface area contributed by atoms with Crippen molar-refractivity contribution < 1.29 is 0 Å². The van der Waals surface area contributed by atoms with Gasteiger partial charge in [-0.2, -0.15) is 0 Å². The highest BCUT2D eigenvalue weighted by Crippen LogP contribution is 2.13. The van der Waals surface area contributed by atoms with Crippen molar-refractivity contribution in [2.75, 3.05) is 0 Å². The normalized spacial score (nSPS) is 11.1. The maximum absolute atomic E-state index is 3.50. The number of rotatable bonds is 14. The van der Waals surface area contributed by atoms with Crippen LogP contribution >= 0.6 is 0 Å². The predicted octanol–water partition coefficient (Wildman–Crippen LogP) is 6.82. The molecule has 0 aliphatic heterocycles. The minimum Gasteiger partial charge on any atom is -0.362 e. The third-order valence-electron chi connectivity index (χ3n) is 4.49. The Morgan fingerprint density at radius 2 is 1.10 bits per heavy atom. The number of hydrogen-bond donors (Lipinski definition) is 1. The largest absolute Gasteiger partial charge is 0.362 e. The van der Waals surface area contributed by atoms with Crippen molar-refractivity contribution in [2.45, 2.75) is 104 Å². The summed E-state index contributed by atoms with van der Waals surface area (Å²) >= 11 is 0. The van der Waals surface area contributed by atoms with Crippen molar-refractivity contribution in [3.8, 4) is 0 Å². The first-order valence-corrected chi connectivity index (χ1v) is 9.53. The van der Waals surface area contributed by atoms with E-state index >= 15 is 0 Å². The second-order valence-corrected chi connectivity index (χ2v) is 6.50. The van der Waals surface area contributed by atoms with Crippen molar-refractivity contribution in [2.24, 2.45) is 0 Å². The summed E-state index contributed by atoms with van der Waals surface area (Å²) < 4.78 is 0. The molecule has 0 saturated carbocycles. The van der Waals surface area contributed by atoms with E-state index in [-0.39, 0.29) is 0 Å². The molecule has 0 amide bonds. The number of hydrogen-bond acceptors (Lipinski definition) is 0. The maximum Gasteiger partial charge on any atom is 0.0149 e. The molecule has 0 unspecified atom stereocenters. The molecule has 0 aliphatic rings. The molecule has 0 aliphatic carbocycles. The van der Waals surface area contributed by atoms with E-state index in [1.807, 2.05) is 0 Å². The van der Waals surface area contributed by atoms with Gasteiger partial charge in [0, 0.05) is 11.4 Å². The van der Waals surface area contributed by atoms with Crippen LogP contribution in [0.1, 0.15) is 102 Å². The van der Waals surface area contributed by atoms with Gasteiger partial charge in [-0.3, -0.25) is 0 Å². The van der Waals surface area contributed by atoms with Crippen molar-refractivity contribution in [3.05, 3.63) is 23.5 Å². The van der Waals surface area contributed by atoms with Gasteiger partial charge >= 0.3 is 0 Å². The standard InChI is InChI=1S/C20H37N/c1-3-5-6-7-8-9-10-11-12-13-14-15-16-20-18-17-19(4-2)21-20/h17-18,21H,3-16H2,1-2H3. The molecule has 1 N–H and O–H groups in total. The summed E-state index contributed by atoms with van der Waals surface area (Å²) in [7, 11) is 0. The second kappa shape index (κ2) is 13.0. The van der Waals surface area contributed by atoms with Gasteiger partial charge in [0.05, 0.1) is 0 Å². The molecule has 122 valence electrons. The molecule has 0 aromatic carbocycles. The molecular formula is C20H37N. The molecule has 1 heteroatoms. The van der Waals surface area contributed by atoms with E-state index in [9.17, 15) is 0 Å². The van der Waals surface area contributed by atoms with Gasteiger partial charge in [-0.15, -0.1) is 0 Å². The van der Waals surface area contributed by atoms with Crippen LogP contribution in [0.2, 0.25) is 0 Å². The Balaban J connectivity index is 1.80. The van der Waals surface area contributed by atoms with E-state index in [0.717, 1.165) is 6.42 Å². The number of aryl methyl sites for hydroxylation is 2. The highest BCUT2D eigenvalue weighted by atomic mass is 14.7. The highest BCUT2D eigenvalue weighted by molar-refractivity contribution is 5.12. The fraction of sp³-hybridized carbons (Fsp3) is 0.800. The third kappa shape index (κ3) is 9.77. The van der Waals surface area contributed by atoms with Crippen LogP contribution in [0.25, 0.3) is 0 Å². The van der Waals surface area contributed by atoms with Crippen LogP contribution in [-0.2, 0) is 12.8 Å². The fourth-order valence-electron chi connectivity index (χ4n) is 3.00. The fourth-order valence-corrected chi connectivity index (χ4v) is 3.00. The Morgan fingerprint density at radius 1 is 0.619 bits per heavy atom. The summed E-state index contributed by atoms with van der Waals surface area (Å²) in [6.07, 6.45) is 19.5. The SMILES string of the molecule is CCCCCCCCCCCCCCc1ccc(CC)[nH]1. The molecule has 1 rings (SSSR count). The number of H-pyrrole nitrogens is 1. The summed E-state index contributed by atoms with van der Waals surface area (Å²) in [5, 5.41) is 0. The molecule has 0 bridgehead atoms. The molecule has 0 spiro atoms. The lowest BCUT2D eigenvalue weighted by molar-refractivity contribution is 0.543. The van der Waals surface area contributed by atoms with Crippen molar-refractivity contribution in [1.82, 2.24) is 4.98 Å². The molecule has 21 heavy (non-hydrogen) atoms. The summed E-state index contributed by atoms with van der Waals surface area (Å²) in [5.74, 6) is 0. The smallest absolute Gasteiger partial charge is 0.0149 e. The molecule has 1 nitrogen and oxygen atoms in total. The molecule has 1 aromatic heterocycles. The van der Waals surface area contributed by atoms with Gasteiger partial charge in [-0.05, 0) is 31.4 Å². The van der Waals surface area contributed by atoms with E-state index in [0.29, 0.717) is 0 Å². The molecule has 0 fully saturated rings. The van der Waals surface area contributed by atoms with Gasteiger partial charge in [-0.1, -0.05) is 84.5 Å². The zero-order chi connectivity index (χ0) is 15.2.